The Hall–Kier alpha value is -2.05. The largest absolute Gasteiger partial charge is 0.294 e. The van der Waals surface area contributed by atoms with Gasteiger partial charge in [0.15, 0.2) is 5.82 Å². The molecular weight excluding hydrogens is 318 g/mol. The van der Waals surface area contributed by atoms with E-state index in [2.05, 4.69) is 40.3 Å². The van der Waals surface area contributed by atoms with Crippen LogP contribution in [0, 0.1) is 13.8 Å². The molecule has 5 nitrogen and oxygen atoms in total. The molecule has 24 heavy (non-hydrogen) atoms. The molecule has 0 amide bonds. The van der Waals surface area contributed by atoms with Crippen molar-refractivity contribution in [2.45, 2.75) is 33.4 Å². The van der Waals surface area contributed by atoms with Crippen LogP contribution in [0.4, 0.5) is 0 Å². The third kappa shape index (κ3) is 2.76. The van der Waals surface area contributed by atoms with Crippen LogP contribution in [-0.4, -0.2) is 31.2 Å². The quantitative estimate of drug-likeness (QED) is 0.735. The first-order valence-corrected chi connectivity index (χ1v) is 9.10. The Morgan fingerprint density at radius 1 is 1.29 bits per heavy atom. The van der Waals surface area contributed by atoms with Crippen LogP contribution >= 0.6 is 11.3 Å². The predicted octanol–water partition coefficient (Wildman–Crippen LogP) is 3.11. The molecule has 4 heterocycles. The summed E-state index contributed by atoms with van der Waals surface area (Å²) < 4.78 is 1.97. The molecule has 0 atom stereocenters. The molecule has 1 aliphatic heterocycles. The second-order valence-corrected chi connectivity index (χ2v) is 7.32. The lowest BCUT2D eigenvalue weighted by atomic mass is 10.1. The zero-order valence-corrected chi connectivity index (χ0v) is 15.1. The lowest BCUT2D eigenvalue weighted by molar-refractivity contribution is 0.242. The molecule has 0 unspecified atom stereocenters. The lowest BCUT2D eigenvalue weighted by Gasteiger charge is -2.28. The Kier molecular flexibility index (Phi) is 3.94. The van der Waals surface area contributed by atoms with Gasteiger partial charge in [-0.15, -0.1) is 11.3 Å². The Labute approximate surface area is 146 Å². The van der Waals surface area contributed by atoms with Gasteiger partial charge in [0, 0.05) is 56.1 Å². The average molecular weight is 339 g/mol. The third-order valence-electron chi connectivity index (χ3n) is 4.80. The maximum atomic E-state index is 4.79. The molecule has 0 saturated heterocycles. The fourth-order valence-corrected chi connectivity index (χ4v) is 3.97. The predicted molar refractivity (Wildman–Crippen MR) is 95.8 cm³/mol. The normalized spacial score (nSPS) is 14.8. The molecular formula is C18H21N5S. The molecule has 6 heteroatoms. The Morgan fingerprint density at radius 2 is 2.17 bits per heavy atom. The van der Waals surface area contributed by atoms with E-state index in [4.69, 9.17) is 4.98 Å². The summed E-state index contributed by atoms with van der Waals surface area (Å²) in [5, 5.41) is 6.59. The number of thiophene rings is 1. The van der Waals surface area contributed by atoms with E-state index >= 15 is 0 Å². The van der Waals surface area contributed by atoms with Crippen LogP contribution in [0.3, 0.4) is 0 Å². The first kappa shape index (κ1) is 15.5. The molecule has 0 aliphatic carbocycles. The van der Waals surface area contributed by atoms with Crippen LogP contribution in [0.25, 0.3) is 10.7 Å². The van der Waals surface area contributed by atoms with Crippen molar-refractivity contribution in [2.24, 2.45) is 7.05 Å². The van der Waals surface area contributed by atoms with E-state index in [1.807, 2.05) is 24.0 Å². The van der Waals surface area contributed by atoms with E-state index in [0.29, 0.717) is 0 Å². The summed E-state index contributed by atoms with van der Waals surface area (Å²) in [7, 11) is 2.01. The van der Waals surface area contributed by atoms with Crippen molar-refractivity contribution in [1.82, 2.24) is 24.6 Å². The van der Waals surface area contributed by atoms with Crippen molar-refractivity contribution in [3.8, 4) is 10.7 Å². The minimum atomic E-state index is 0.858. The number of nitrogens with zero attached hydrogens (tertiary/aromatic N) is 5. The molecule has 0 radical (unpaired) electrons. The lowest BCUT2D eigenvalue weighted by Crippen LogP contribution is -2.31. The molecule has 3 aromatic rings. The summed E-state index contributed by atoms with van der Waals surface area (Å²) in [6.45, 7) is 7.12. The van der Waals surface area contributed by atoms with Gasteiger partial charge in [0.25, 0.3) is 0 Å². The third-order valence-corrected chi connectivity index (χ3v) is 5.66. The minimum absolute atomic E-state index is 0.858. The Bertz CT molecular complexity index is 866. The van der Waals surface area contributed by atoms with E-state index in [9.17, 15) is 0 Å². The monoisotopic (exact) mass is 339 g/mol. The molecule has 1 aliphatic rings. The highest BCUT2D eigenvalue weighted by Gasteiger charge is 2.21. The Morgan fingerprint density at radius 3 is 2.88 bits per heavy atom. The number of hydrogen-bond acceptors (Lipinski definition) is 5. The number of rotatable bonds is 3. The summed E-state index contributed by atoms with van der Waals surface area (Å²) in [5.74, 6) is 0.858. The van der Waals surface area contributed by atoms with Crippen LogP contribution in [0.15, 0.2) is 23.7 Å². The minimum Gasteiger partial charge on any atom is -0.294 e. The molecule has 0 fully saturated rings. The van der Waals surface area contributed by atoms with Gasteiger partial charge in [-0.2, -0.15) is 5.10 Å². The number of aryl methyl sites for hydroxylation is 2. The number of hydrogen-bond donors (Lipinski definition) is 0. The van der Waals surface area contributed by atoms with Crippen LogP contribution < -0.4 is 0 Å². The van der Waals surface area contributed by atoms with Crippen LogP contribution in [0.1, 0.15) is 28.2 Å². The van der Waals surface area contributed by atoms with E-state index in [1.165, 1.54) is 22.5 Å². The van der Waals surface area contributed by atoms with E-state index in [0.717, 1.165) is 42.5 Å². The van der Waals surface area contributed by atoms with Crippen molar-refractivity contribution in [1.29, 1.82) is 0 Å². The standard InChI is InChI=1S/C18H21N5S/c1-12-15(13(2)22(3)21-12)11-23-7-6-16-14(10-23)9-19-18(20-16)17-5-4-8-24-17/h4-5,8-9H,6-7,10-11H2,1-3H3. The summed E-state index contributed by atoms with van der Waals surface area (Å²) in [6, 6.07) is 4.12. The van der Waals surface area contributed by atoms with Crippen molar-refractivity contribution < 1.29 is 0 Å². The van der Waals surface area contributed by atoms with Crippen molar-refractivity contribution in [3.63, 3.8) is 0 Å². The van der Waals surface area contributed by atoms with Crippen LogP contribution in [-0.2, 0) is 26.6 Å². The second-order valence-electron chi connectivity index (χ2n) is 6.38. The summed E-state index contributed by atoms with van der Waals surface area (Å²) in [6.07, 6.45) is 2.99. The van der Waals surface area contributed by atoms with Gasteiger partial charge < -0.3 is 0 Å². The summed E-state index contributed by atoms with van der Waals surface area (Å²) in [5.41, 5.74) is 6.18. The Balaban J connectivity index is 1.54. The molecule has 4 rings (SSSR count). The molecule has 0 N–H and O–H groups in total. The maximum Gasteiger partial charge on any atom is 0.169 e. The molecule has 3 aromatic heterocycles. The van der Waals surface area contributed by atoms with Gasteiger partial charge in [0.1, 0.15) is 0 Å². The van der Waals surface area contributed by atoms with Crippen molar-refractivity contribution >= 4 is 11.3 Å². The van der Waals surface area contributed by atoms with Gasteiger partial charge in [-0.05, 0) is 25.3 Å². The first-order valence-electron chi connectivity index (χ1n) is 8.22. The zero-order valence-electron chi connectivity index (χ0n) is 14.3. The fraction of sp³-hybridized carbons (Fsp3) is 0.389. The van der Waals surface area contributed by atoms with Crippen molar-refractivity contribution in [2.75, 3.05) is 6.54 Å². The number of aromatic nitrogens is 4. The molecule has 0 bridgehead atoms. The topological polar surface area (TPSA) is 46.8 Å². The van der Waals surface area contributed by atoms with Gasteiger partial charge >= 0.3 is 0 Å². The number of fused-ring (bicyclic) bond motifs is 1. The molecule has 0 spiro atoms. The molecule has 0 aromatic carbocycles. The fourth-order valence-electron chi connectivity index (χ4n) is 3.30. The average Bonchev–Trinajstić information content (AvgIpc) is 3.19. The van der Waals surface area contributed by atoms with Gasteiger partial charge in [-0.1, -0.05) is 6.07 Å². The second kappa shape index (κ2) is 6.11. The first-order chi connectivity index (χ1) is 11.6. The molecule has 0 saturated carbocycles. The van der Waals surface area contributed by atoms with Crippen molar-refractivity contribution in [3.05, 3.63) is 51.9 Å². The zero-order chi connectivity index (χ0) is 16.7. The van der Waals surface area contributed by atoms with E-state index in [1.54, 1.807) is 11.3 Å². The van der Waals surface area contributed by atoms with E-state index < -0.39 is 0 Å². The highest BCUT2D eigenvalue weighted by Crippen LogP contribution is 2.25. The highest BCUT2D eigenvalue weighted by atomic mass is 32.1. The van der Waals surface area contributed by atoms with E-state index in [-0.39, 0.29) is 0 Å². The summed E-state index contributed by atoms with van der Waals surface area (Å²) >= 11 is 1.69. The molecule has 124 valence electrons. The summed E-state index contributed by atoms with van der Waals surface area (Å²) in [4.78, 5) is 13.0. The van der Waals surface area contributed by atoms with Gasteiger partial charge in [0.05, 0.1) is 16.3 Å². The van der Waals surface area contributed by atoms with Gasteiger partial charge in [0.2, 0.25) is 0 Å². The van der Waals surface area contributed by atoms with Gasteiger partial charge in [-0.3, -0.25) is 9.58 Å². The van der Waals surface area contributed by atoms with Crippen LogP contribution in [0.5, 0.6) is 0 Å². The maximum absolute atomic E-state index is 4.79. The smallest absolute Gasteiger partial charge is 0.169 e. The SMILES string of the molecule is Cc1nn(C)c(C)c1CN1CCc2nc(-c3cccs3)ncc2C1. The highest BCUT2D eigenvalue weighted by molar-refractivity contribution is 7.13. The van der Waals surface area contributed by atoms with Crippen LogP contribution in [0.2, 0.25) is 0 Å². The van der Waals surface area contributed by atoms with Gasteiger partial charge in [-0.25, -0.2) is 9.97 Å².